The number of carbonyl (C=O) groups is 1. The largest absolute Gasteiger partial charge is 0.325 e. The van der Waals surface area contributed by atoms with Crippen LogP contribution in [0.1, 0.15) is 25.7 Å². The summed E-state index contributed by atoms with van der Waals surface area (Å²) in [6.45, 7) is 0. The van der Waals surface area contributed by atoms with Gasteiger partial charge < -0.3 is 9.88 Å². The minimum absolute atomic E-state index is 0.154. The summed E-state index contributed by atoms with van der Waals surface area (Å²) in [5.74, 6) is 0.522. The second kappa shape index (κ2) is 5.56. The highest BCUT2D eigenvalue weighted by Gasteiger charge is 2.39. The van der Waals surface area contributed by atoms with Crippen molar-refractivity contribution in [3.8, 4) is 17.5 Å². The molecule has 1 N–H and O–H groups in total. The number of hydrogen-bond acceptors (Lipinski definition) is 5. The third-order valence-electron chi connectivity index (χ3n) is 4.04. The molecule has 3 rings (SSSR count). The van der Waals surface area contributed by atoms with Gasteiger partial charge in [-0.1, -0.05) is 6.42 Å². The molecule has 1 aliphatic rings. The Bertz CT molecular complexity index is 740. The molecule has 1 saturated carbocycles. The van der Waals surface area contributed by atoms with Crippen LogP contribution in [0.4, 0.5) is 5.69 Å². The van der Waals surface area contributed by atoms with Crippen LogP contribution >= 0.6 is 0 Å². The Morgan fingerprint density at radius 3 is 2.91 bits per heavy atom. The molecular weight excluding hydrogens is 280 g/mol. The molecule has 7 heteroatoms. The monoisotopic (exact) mass is 296 g/mol. The molecule has 2 aromatic heterocycles. The fraction of sp³-hybridized carbons (Fsp3) is 0.400. The first-order valence-corrected chi connectivity index (χ1v) is 7.12. The molecule has 0 bridgehead atoms. The van der Waals surface area contributed by atoms with E-state index in [9.17, 15) is 10.1 Å². The number of nitriles is 1. The molecule has 1 aliphatic carbocycles. The van der Waals surface area contributed by atoms with Crippen LogP contribution in [0.2, 0.25) is 0 Å². The molecule has 2 aromatic rings. The zero-order valence-electron chi connectivity index (χ0n) is 12.3. The highest BCUT2D eigenvalue weighted by atomic mass is 16.1. The number of rotatable bonds is 4. The number of anilines is 1. The van der Waals surface area contributed by atoms with Gasteiger partial charge in [-0.05, 0) is 18.9 Å². The maximum Gasteiger partial charge on any atom is 0.226 e. The Morgan fingerprint density at radius 1 is 1.50 bits per heavy atom. The van der Waals surface area contributed by atoms with E-state index >= 15 is 0 Å². The van der Waals surface area contributed by atoms with Gasteiger partial charge in [-0.3, -0.25) is 9.78 Å². The van der Waals surface area contributed by atoms with Crippen molar-refractivity contribution in [1.82, 2.24) is 19.7 Å². The highest BCUT2D eigenvalue weighted by Crippen LogP contribution is 2.43. The van der Waals surface area contributed by atoms with Crippen molar-refractivity contribution >= 4 is 11.6 Å². The summed E-state index contributed by atoms with van der Waals surface area (Å²) in [5.41, 5.74) is 0.896. The normalized spacial score (nSPS) is 15.6. The van der Waals surface area contributed by atoms with Crippen LogP contribution < -0.4 is 5.32 Å². The number of amides is 1. The van der Waals surface area contributed by atoms with Crippen LogP contribution in [0.25, 0.3) is 11.4 Å². The van der Waals surface area contributed by atoms with Crippen LogP contribution in [-0.4, -0.2) is 25.7 Å². The van der Waals surface area contributed by atoms with E-state index in [1.54, 1.807) is 29.4 Å². The average molecular weight is 296 g/mol. The Kier molecular flexibility index (Phi) is 3.59. The van der Waals surface area contributed by atoms with Crippen molar-refractivity contribution in [3.63, 3.8) is 0 Å². The summed E-state index contributed by atoms with van der Waals surface area (Å²) >= 11 is 0. The summed E-state index contributed by atoms with van der Waals surface area (Å²) in [7, 11) is 1.84. The zero-order valence-corrected chi connectivity index (χ0v) is 12.3. The molecular formula is C15H16N6O. The average Bonchev–Trinajstić information content (AvgIpc) is 2.89. The van der Waals surface area contributed by atoms with Gasteiger partial charge in [-0.25, -0.2) is 0 Å². The van der Waals surface area contributed by atoms with Gasteiger partial charge >= 0.3 is 0 Å². The number of carbonyl (C=O) groups excluding carboxylic acids is 1. The molecule has 112 valence electrons. The van der Waals surface area contributed by atoms with Crippen molar-refractivity contribution < 1.29 is 4.79 Å². The minimum atomic E-state index is -0.473. The van der Waals surface area contributed by atoms with E-state index in [1.165, 1.54) is 0 Å². The smallest absolute Gasteiger partial charge is 0.226 e. The second-order valence-corrected chi connectivity index (χ2v) is 5.70. The van der Waals surface area contributed by atoms with E-state index in [2.05, 4.69) is 26.6 Å². The number of nitrogens with one attached hydrogen (secondary N) is 1. The summed E-state index contributed by atoms with van der Waals surface area (Å²) in [5, 5.41) is 19.9. The van der Waals surface area contributed by atoms with Crippen LogP contribution in [0.15, 0.2) is 24.8 Å². The van der Waals surface area contributed by atoms with Crippen LogP contribution in [0, 0.1) is 16.7 Å². The van der Waals surface area contributed by atoms with E-state index in [4.69, 9.17) is 0 Å². The topological polar surface area (TPSA) is 96.5 Å². The highest BCUT2D eigenvalue weighted by molar-refractivity contribution is 5.91. The lowest BCUT2D eigenvalue weighted by Gasteiger charge is -2.34. The maximum absolute atomic E-state index is 12.1. The lowest BCUT2D eigenvalue weighted by atomic mass is 9.68. The predicted molar refractivity (Wildman–Crippen MR) is 79.4 cm³/mol. The fourth-order valence-electron chi connectivity index (χ4n) is 2.62. The number of aromatic nitrogens is 4. The number of hydrogen-bond donors (Lipinski definition) is 1. The first-order valence-electron chi connectivity index (χ1n) is 7.12. The molecule has 0 aliphatic heterocycles. The van der Waals surface area contributed by atoms with Gasteiger partial charge in [0, 0.05) is 25.2 Å². The van der Waals surface area contributed by atoms with Crippen molar-refractivity contribution in [2.75, 3.05) is 5.32 Å². The van der Waals surface area contributed by atoms with Gasteiger partial charge in [0.1, 0.15) is 6.33 Å². The summed E-state index contributed by atoms with van der Waals surface area (Å²) in [6.07, 6.45) is 7.71. The predicted octanol–water partition coefficient (Wildman–Crippen LogP) is 1.90. The van der Waals surface area contributed by atoms with E-state index in [1.807, 2.05) is 7.05 Å². The van der Waals surface area contributed by atoms with Crippen LogP contribution in [0.5, 0.6) is 0 Å². The Balaban J connectivity index is 1.72. The van der Waals surface area contributed by atoms with Crippen molar-refractivity contribution in [2.45, 2.75) is 25.7 Å². The summed E-state index contributed by atoms with van der Waals surface area (Å²) < 4.78 is 1.78. The molecule has 1 fully saturated rings. The van der Waals surface area contributed by atoms with Gasteiger partial charge in [0.15, 0.2) is 5.82 Å². The fourth-order valence-corrected chi connectivity index (χ4v) is 2.62. The third-order valence-corrected chi connectivity index (χ3v) is 4.04. The van der Waals surface area contributed by atoms with Crippen molar-refractivity contribution in [2.24, 2.45) is 12.5 Å². The van der Waals surface area contributed by atoms with E-state index in [-0.39, 0.29) is 12.3 Å². The Labute approximate surface area is 128 Å². The number of aryl methyl sites for hydroxylation is 1. The number of pyridine rings is 1. The molecule has 0 atom stereocenters. The molecule has 0 saturated heterocycles. The van der Waals surface area contributed by atoms with Crippen molar-refractivity contribution in [3.05, 3.63) is 24.8 Å². The Hall–Kier alpha value is -2.75. The molecule has 7 nitrogen and oxygen atoms in total. The molecule has 0 unspecified atom stereocenters. The van der Waals surface area contributed by atoms with Gasteiger partial charge in [0.05, 0.1) is 23.4 Å². The van der Waals surface area contributed by atoms with Gasteiger partial charge in [-0.15, -0.1) is 10.2 Å². The number of nitrogens with zero attached hydrogens (tertiary/aromatic N) is 5. The minimum Gasteiger partial charge on any atom is -0.325 e. The van der Waals surface area contributed by atoms with Crippen LogP contribution in [0.3, 0.4) is 0 Å². The summed E-state index contributed by atoms with van der Waals surface area (Å²) in [6, 6.07) is 4.08. The molecule has 0 radical (unpaired) electrons. The maximum atomic E-state index is 12.1. The lowest BCUT2D eigenvalue weighted by molar-refractivity contribution is -0.118. The molecule has 2 heterocycles. The van der Waals surface area contributed by atoms with E-state index < -0.39 is 5.41 Å². The first kappa shape index (κ1) is 14.2. The van der Waals surface area contributed by atoms with E-state index in [0.29, 0.717) is 11.5 Å². The third kappa shape index (κ3) is 2.68. The molecule has 1 amide bonds. The quantitative estimate of drug-likeness (QED) is 0.929. The standard InChI is InChI=1S/C15H16N6O/c1-21-10-18-20-14(21)11-5-12(8-17-7-11)19-13(22)6-15(9-16)3-2-4-15/h5,7-8,10H,2-4,6H2,1H3,(H,19,22). The molecule has 0 spiro atoms. The summed E-state index contributed by atoms with van der Waals surface area (Å²) in [4.78, 5) is 16.2. The lowest BCUT2D eigenvalue weighted by Crippen LogP contribution is -2.32. The Morgan fingerprint density at radius 2 is 2.32 bits per heavy atom. The first-order chi connectivity index (χ1) is 10.6. The van der Waals surface area contributed by atoms with Gasteiger partial charge in [0.25, 0.3) is 0 Å². The van der Waals surface area contributed by atoms with Gasteiger partial charge in [0.2, 0.25) is 5.91 Å². The molecule has 0 aromatic carbocycles. The zero-order chi connectivity index (χ0) is 15.6. The van der Waals surface area contributed by atoms with Crippen molar-refractivity contribution in [1.29, 1.82) is 5.26 Å². The SMILES string of the molecule is Cn1cnnc1-c1cncc(NC(=O)CC2(C#N)CCC2)c1. The van der Waals surface area contributed by atoms with Crippen LogP contribution in [-0.2, 0) is 11.8 Å². The van der Waals surface area contributed by atoms with Gasteiger partial charge in [-0.2, -0.15) is 5.26 Å². The molecule has 22 heavy (non-hydrogen) atoms. The van der Waals surface area contributed by atoms with E-state index in [0.717, 1.165) is 24.8 Å². The second-order valence-electron chi connectivity index (χ2n) is 5.70.